The lowest BCUT2D eigenvalue weighted by atomic mass is 9.63. The number of aliphatic hydroxyl groups is 1. The minimum Gasteiger partial charge on any atom is -0.388 e. The Morgan fingerprint density at radius 2 is 1.78 bits per heavy atom. The van der Waals surface area contributed by atoms with E-state index in [0.717, 1.165) is 18.9 Å². The first-order valence-corrected chi connectivity index (χ1v) is 8.14. The molecular formula is C16H31NO. The van der Waals surface area contributed by atoms with E-state index in [1.54, 1.807) is 0 Å². The maximum Gasteiger partial charge on any atom is 0.0827 e. The Morgan fingerprint density at radius 3 is 2.44 bits per heavy atom. The molecule has 0 bridgehead atoms. The number of rotatable bonds is 4. The second kappa shape index (κ2) is 6.38. The average molecular weight is 253 g/mol. The van der Waals surface area contributed by atoms with Crippen molar-refractivity contribution in [3.8, 4) is 0 Å². The normalized spacial score (nSPS) is 36.5. The minimum absolute atomic E-state index is 0.245. The molecule has 2 rings (SSSR count). The fourth-order valence-corrected chi connectivity index (χ4v) is 4.41. The highest BCUT2D eigenvalue weighted by Gasteiger charge is 2.46. The van der Waals surface area contributed by atoms with Crippen LogP contribution in [0.2, 0.25) is 0 Å². The van der Waals surface area contributed by atoms with Gasteiger partial charge >= 0.3 is 0 Å². The Balaban J connectivity index is 2.08. The second-order valence-electron chi connectivity index (χ2n) is 6.52. The molecule has 106 valence electrons. The Hall–Kier alpha value is -0.0800. The summed E-state index contributed by atoms with van der Waals surface area (Å²) in [5.74, 6) is 1.32. The SMILES string of the molecule is CCNC(C)C1(O)CCCCC1C1CCCCC1. The third-order valence-electron chi connectivity index (χ3n) is 5.46. The van der Waals surface area contributed by atoms with Gasteiger partial charge in [-0.1, -0.05) is 51.9 Å². The molecule has 0 amide bonds. The zero-order valence-electron chi connectivity index (χ0n) is 12.3. The zero-order chi connectivity index (χ0) is 13.0. The molecule has 0 radical (unpaired) electrons. The van der Waals surface area contributed by atoms with Gasteiger partial charge in [-0.2, -0.15) is 0 Å². The summed E-state index contributed by atoms with van der Waals surface area (Å²) in [5.41, 5.74) is -0.448. The zero-order valence-corrected chi connectivity index (χ0v) is 12.3. The van der Waals surface area contributed by atoms with Crippen molar-refractivity contribution in [2.75, 3.05) is 6.54 Å². The molecule has 0 spiro atoms. The summed E-state index contributed by atoms with van der Waals surface area (Å²) in [7, 11) is 0. The lowest BCUT2D eigenvalue weighted by molar-refractivity contribution is -0.0981. The number of hydrogen-bond acceptors (Lipinski definition) is 2. The van der Waals surface area contributed by atoms with Crippen LogP contribution < -0.4 is 5.32 Å². The molecule has 2 N–H and O–H groups in total. The molecule has 3 atom stereocenters. The van der Waals surface area contributed by atoms with E-state index in [2.05, 4.69) is 19.2 Å². The summed E-state index contributed by atoms with van der Waals surface area (Å²) >= 11 is 0. The Labute approximate surface area is 113 Å². The van der Waals surface area contributed by atoms with Crippen LogP contribution in [0.1, 0.15) is 71.6 Å². The third kappa shape index (κ3) is 2.91. The molecule has 0 heterocycles. The summed E-state index contributed by atoms with van der Waals surface area (Å²) in [4.78, 5) is 0. The van der Waals surface area contributed by atoms with E-state index in [0.29, 0.717) is 5.92 Å². The highest BCUT2D eigenvalue weighted by Crippen LogP contribution is 2.45. The molecule has 2 heteroatoms. The van der Waals surface area contributed by atoms with Crippen LogP contribution in [0, 0.1) is 11.8 Å². The van der Waals surface area contributed by atoms with Crippen LogP contribution in [0.5, 0.6) is 0 Å². The molecule has 18 heavy (non-hydrogen) atoms. The van der Waals surface area contributed by atoms with Gasteiger partial charge in [0, 0.05) is 6.04 Å². The number of hydrogen-bond donors (Lipinski definition) is 2. The molecule has 2 saturated carbocycles. The summed E-state index contributed by atoms with van der Waals surface area (Å²) in [6.45, 7) is 5.28. The van der Waals surface area contributed by atoms with Crippen molar-refractivity contribution >= 4 is 0 Å². The van der Waals surface area contributed by atoms with Crippen LogP contribution in [0.3, 0.4) is 0 Å². The monoisotopic (exact) mass is 253 g/mol. The van der Waals surface area contributed by atoms with E-state index in [-0.39, 0.29) is 6.04 Å². The molecular weight excluding hydrogens is 222 g/mol. The van der Waals surface area contributed by atoms with Crippen LogP contribution >= 0.6 is 0 Å². The van der Waals surface area contributed by atoms with Gasteiger partial charge in [-0.3, -0.25) is 0 Å². The summed E-state index contributed by atoms with van der Waals surface area (Å²) in [6.07, 6.45) is 11.7. The molecule has 0 aromatic rings. The molecule has 2 aliphatic carbocycles. The van der Waals surface area contributed by atoms with Crippen molar-refractivity contribution in [2.24, 2.45) is 11.8 Å². The van der Waals surface area contributed by atoms with Gasteiger partial charge < -0.3 is 10.4 Å². The summed E-state index contributed by atoms with van der Waals surface area (Å²) in [5, 5.41) is 14.7. The molecule has 3 unspecified atom stereocenters. The fraction of sp³-hybridized carbons (Fsp3) is 1.00. The molecule has 0 saturated heterocycles. The largest absolute Gasteiger partial charge is 0.388 e. The first kappa shape index (κ1) is 14.3. The Kier molecular flexibility index (Phi) is 5.08. The standard InChI is InChI=1S/C16H31NO/c1-3-17-13(2)16(18)12-8-7-11-15(16)14-9-5-4-6-10-14/h13-15,17-18H,3-12H2,1-2H3. The maximum absolute atomic E-state index is 11.2. The molecule has 0 aliphatic heterocycles. The van der Waals surface area contributed by atoms with E-state index >= 15 is 0 Å². The van der Waals surface area contributed by atoms with E-state index in [1.165, 1.54) is 51.4 Å². The first-order chi connectivity index (χ1) is 8.68. The van der Waals surface area contributed by atoms with E-state index in [1.807, 2.05) is 0 Å². The smallest absolute Gasteiger partial charge is 0.0827 e. The van der Waals surface area contributed by atoms with Crippen molar-refractivity contribution in [3.63, 3.8) is 0 Å². The Bertz CT molecular complexity index is 249. The number of likely N-dealkylation sites (N-methyl/N-ethyl adjacent to an activating group) is 1. The maximum atomic E-state index is 11.2. The quantitative estimate of drug-likeness (QED) is 0.804. The van der Waals surface area contributed by atoms with E-state index in [9.17, 15) is 5.11 Å². The van der Waals surface area contributed by atoms with Crippen molar-refractivity contribution in [1.82, 2.24) is 5.32 Å². The van der Waals surface area contributed by atoms with E-state index < -0.39 is 5.60 Å². The average Bonchev–Trinajstić information content (AvgIpc) is 2.40. The molecule has 2 aliphatic rings. The van der Waals surface area contributed by atoms with Gasteiger partial charge in [0.15, 0.2) is 0 Å². The fourth-order valence-electron chi connectivity index (χ4n) is 4.41. The minimum atomic E-state index is -0.448. The van der Waals surface area contributed by atoms with Crippen LogP contribution in [-0.4, -0.2) is 23.3 Å². The lowest BCUT2D eigenvalue weighted by Gasteiger charge is -2.48. The van der Waals surface area contributed by atoms with Crippen molar-refractivity contribution in [3.05, 3.63) is 0 Å². The van der Waals surface area contributed by atoms with Crippen molar-refractivity contribution in [2.45, 2.75) is 83.3 Å². The summed E-state index contributed by atoms with van der Waals surface area (Å²) in [6, 6.07) is 0.245. The van der Waals surface area contributed by atoms with Crippen molar-refractivity contribution in [1.29, 1.82) is 0 Å². The van der Waals surface area contributed by atoms with Gasteiger partial charge in [-0.05, 0) is 38.1 Å². The van der Waals surface area contributed by atoms with Crippen LogP contribution in [0.4, 0.5) is 0 Å². The van der Waals surface area contributed by atoms with Crippen LogP contribution in [0.15, 0.2) is 0 Å². The van der Waals surface area contributed by atoms with Gasteiger partial charge in [-0.25, -0.2) is 0 Å². The first-order valence-electron chi connectivity index (χ1n) is 8.14. The van der Waals surface area contributed by atoms with Crippen LogP contribution in [0.25, 0.3) is 0 Å². The highest BCUT2D eigenvalue weighted by atomic mass is 16.3. The van der Waals surface area contributed by atoms with Gasteiger partial charge in [0.05, 0.1) is 5.60 Å². The molecule has 0 aromatic carbocycles. The van der Waals surface area contributed by atoms with Gasteiger partial charge in [0.1, 0.15) is 0 Å². The third-order valence-corrected chi connectivity index (χ3v) is 5.46. The Morgan fingerprint density at radius 1 is 1.11 bits per heavy atom. The molecule has 2 nitrogen and oxygen atoms in total. The van der Waals surface area contributed by atoms with E-state index in [4.69, 9.17) is 0 Å². The lowest BCUT2D eigenvalue weighted by Crippen LogP contribution is -2.57. The van der Waals surface area contributed by atoms with Crippen LogP contribution in [-0.2, 0) is 0 Å². The second-order valence-corrected chi connectivity index (χ2v) is 6.52. The highest BCUT2D eigenvalue weighted by molar-refractivity contribution is 4.99. The van der Waals surface area contributed by atoms with Gasteiger partial charge in [0.2, 0.25) is 0 Å². The topological polar surface area (TPSA) is 32.3 Å². The van der Waals surface area contributed by atoms with Crippen molar-refractivity contribution < 1.29 is 5.11 Å². The molecule has 0 aromatic heterocycles. The summed E-state index contributed by atoms with van der Waals surface area (Å²) < 4.78 is 0. The molecule has 2 fully saturated rings. The predicted octanol–water partition coefficient (Wildman–Crippen LogP) is 3.49. The van der Waals surface area contributed by atoms with Gasteiger partial charge in [0.25, 0.3) is 0 Å². The van der Waals surface area contributed by atoms with Gasteiger partial charge in [-0.15, -0.1) is 0 Å². The predicted molar refractivity (Wildman–Crippen MR) is 76.6 cm³/mol. The number of nitrogens with one attached hydrogen (secondary N) is 1.